The van der Waals surface area contributed by atoms with Crippen molar-refractivity contribution in [3.63, 3.8) is 0 Å². The zero-order valence-electron chi connectivity index (χ0n) is 15.2. The first kappa shape index (κ1) is 16.2. The first-order valence-electron chi connectivity index (χ1n) is 9.07. The molecule has 2 aliphatic rings. The van der Waals surface area contributed by atoms with E-state index >= 15 is 0 Å². The zero-order chi connectivity index (χ0) is 17.6. The van der Waals surface area contributed by atoms with Crippen LogP contribution >= 0.6 is 0 Å². The van der Waals surface area contributed by atoms with E-state index in [9.17, 15) is 4.79 Å². The normalized spacial score (nSPS) is 21.9. The zero-order valence-corrected chi connectivity index (χ0v) is 15.2. The van der Waals surface area contributed by atoms with Gasteiger partial charge in [-0.25, -0.2) is 4.98 Å². The molecule has 0 bridgehead atoms. The first-order chi connectivity index (χ1) is 12.0. The number of fused-ring (bicyclic) bond motifs is 2. The highest BCUT2D eigenvalue weighted by Gasteiger charge is 2.29. The van der Waals surface area contributed by atoms with E-state index in [-0.39, 0.29) is 11.9 Å². The Morgan fingerprint density at radius 1 is 1.40 bits per heavy atom. The number of likely N-dealkylation sites (N-methyl/N-ethyl adjacent to an activating group) is 1. The maximum absolute atomic E-state index is 12.9. The number of aromatic nitrogens is 2. The van der Waals surface area contributed by atoms with Crippen LogP contribution in [0, 0.1) is 12.8 Å². The van der Waals surface area contributed by atoms with E-state index in [1.165, 1.54) is 11.1 Å². The average molecular weight is 339 g/mol. The van der Waals surface area contributed by atoms with E-state index in [1.54, 1.807) is 4.90 Å². The highest BCUT2D eigenvalue weighted by atomic mass is 16.5. The lowest BCUT2D eigenvalue weighted by atomic mass is 9.99. The van der Waals surface area contributed by atoms with Crippen molar-refractivity contribution in [1.82, 2.24) is 14.5 Å². The van der Waals surface area contributed by atoms with Crippen molar-refractivity contribution < 1.29 is 9.53 Å². The van der Waals surface area contributed by atoms with E-state index in [2.05, 4.69) is 35.5 Å². The summed E-state index contributed by atoms with van der Waals surface area (Å²) in [6, 6.07) is 6.27. The Hall–Kier alpha value is -2.30. The highest BCUT2D eigenvalue weighted by Crippen LogP contribution is 2.28. The van der Waals surface area contributed by atoms with Crippen molar-refractivity contribution in [2.24, 2.45) is 5.92 Å². The molecule has 1 amide bonds. The standard InChI is InChI=1S/C20H25N3O2/c1-13-4-6-18-15(8-13)9-16(12-25-18)22(3)20(24)17-11-23-10-14(2)5-7-19(23)21-17/h4,6,8,11,14,16H,5,7,9-10,12H2,1-3H3. The number of benzene rings is 1. The van der Waals surface area contributed by atoms with Crippen molar-refractivity contribution >= 4 is 5.91 Å². The molecule has 5 heteroatoms. The summed E-state index contributed by atoms with van der Waals surface area (Å²) in [6.07, 6.45) is 4.85. The van der Waals surface area contributed by atoms with Gasteiger partial charge >= 0.3 is 0 Å². The summed E-state index contributed by atoms with van der Waals surface area (Å²) < 4.78 is 8.02. The molecule has 0 fully saturated rings. The Bertz CT molecular complexity index is 811. The van der Waals surface area contributed by atoms with E-state index in [4.69, 9.17) is 4.74 Å². The molecule has 5 nitrogen and oxygen atoms in total. The predicted octanol–water partition coefficient (Wildman–Crippen LogP) is 2.85. The number of hydrogen-bond acceptors (Lipinski definition) is 3. The molecule has 3 heterocycles. The molecule has 2 unspecified atom stereocenters. The van der Waals surface area contributed by atoms with Crippen LogP contribution in [0.3, 0.4) is 0 Å². The van der Waals surface area contributed by atoms with Crippen LogP contribution in [-0.2, 0) is 19.4 Å². The molecule has 1 aromatic heterocycles. The number of aryl methyl sites for hydroxylation is 2. The van der Waals surface area contributed by atoms with Gasteiger partial charge in [-0.3, -0.25) is 4.79 Å². The molecule has 25 heavy (non-hydrogen) atoms. The lowest BCUT2D eigenvalue weighted by Crippen LogP contribution is -2.44. The molecule has 132 valence electrons. The monoisotopic (exact) mass is 339 g/mol. The molecule has 2 aromatic rings. The summed E-state index contributed by atoms with van der Waals surface area (Å²) in [7, 11) is 1.86. The Morgan fingerprint density at radius 3 is 3.08 bits per heavy atom. The largest absolute Gasteiger partial charge is 0.491 e. The third-order valence-corrected chi connectivity index (χ3v) is 5.42. The SMILES string of the molecule is Cc1ccc2c(c1)CC(N(C)C(=O)c1cn3c(n1)CCC(C)C3)CO2. The predicted molar refractivity (Wildman–Crippen MR) is 96.0 cm³/mol. The second kappa shape index (κ2) is 6.21. The van der Waals surface area contributed by atoms with Crippen LogP contribution in [0.4, 0.5) is 0 Å². The molecule has 2 atom stereocenters. The Balaban J connectivity index is 1.51. The van der Waals surface area contributed by atoms with Gasteiger partial charge in [0.2, 0.25) is 0 Å². The van der Waals surface area contributed by atoms with Gasteiger partial charge in [0.1, 0.15) is 23.9 Å². The van der Waals surface area contributed by atoms with Gasteiger partial charge in [-0.1, -0.05) is 24.6 Å². The van der Waals surface area contributed by atoms with Crippen molar-refractivity contribution in [2.75, 3.05) is 13.7 Å². The van der Waals surface area contributed by atoms with E-state index in [0.29, 0.717) is 18.2 Å². The molecule has 0 spiro atoms. The van der Waals surface area contributed by atoms with Crippen molar-refractivity contribution in [3.8, 4) is 5.75 Å². The summed E-state index contributed by atoms with van der Waals surface area (Å²) in [5.74, 6) is 2.61. The minimum Gasteiger partial charge on any atom is -0.491 e. The molecular formula is C20H25N3O2. The maximum Gasteiger partial charge on any atom is 0.274 e. The number of hydrogen-bond donors (Lipinski definition) is 0. The highest BCUT2D eigenvalue weighted by molar-refractivity contribution is 5.92. The van der Waals surface area contributed by atoms with Crippen molar-refractivity contribution in [1.29, 1.82) is 0 Å². The third-order valence-electron chi connectivity index (χ3n) is 5.42. The molecule has 0 N–H and O–H groups in total. The van der Waals surface area contributed by atoms with E-state index < -0.39 is 0 Å². The van der Waals surface area contributed by atoms with Crippen LogP contribution in [0.2, 0.25) is 0 Å². The summed E-state index contributed by atoms with van der Waals surface area (Å²) in [4.78, 5) is 19.3. The number of carbonyl (C=O) groups is 1. The van der Waals surface area contributed by atoms with Gasteiger partial charge < -0.3 is 14.2 Å². The number of amides is 1. The molecule has 0 saturated heterocycles. The van der Waals surface area contributed by atoms with E-state index in [0.717, 1.165) is 37.4 Å². The lowest BCUT2D eigenvalue weighted by Gasteiger charge is -2.32. The fourth-order valence-corrected chi connectivity index (χ4v) is 3.82. The lowest BCUT2D eigenvalue weighted by molar-refractivity contribution is 0.0650. The van der Waals surface area contributed by atoms with Gasteiger partial charge in [0.25, 0.3) is 5.91 Å². The van der Waals surface area contributed by atoms with Gasteiger partial charge in [-0.05, 0) is 37.3 Å². The van der Waals surface area contributed by atoms with Crippen molar-refractivity contribution in [3.05, 3.63) is 47.0 Å². The molecule has 1 aromatic carbocycles. The Labute approximate surface area is 148 Å². The molecule has 2 aliphatic heterocycles. The maximum atomic E-state index is 12.9. The van der Waals surface area contributed by atoms with Crippen LogP contribution in [0.25, 0.3) is 0 Å². The van der Waals surface area contributed by atoms with Crippen LogP contribution < -0.4 is 4.74 Å². The second-order valence-corrected chi connectivity index (χ2v) is 7.53. The Kier molecular flexibility index (Phi) is 4.02. The van der Waals surface area contributed by atoms with Gasteiger partial charge in [0.15, 0.2) is 0 Å². The number of imidazole rings is 1. The number of carbonyl (C=O) groups excluding carboxylic acids is 1. The van der Waals surface area contributed by atoms with Gasteiger partial charge in [0.05, 0.1) is 6.04 Å². The quantitative estimate of drug-likeness (QED) is 0.845. The number of ether oxygens (including phenoxy) is 1. The fourth-order valence-electron chi connectivity index (χ4n) is 3.82. The Morgan fingerprint density at radius 2 is 2.24 bits per heavy atom. The van der Waals surface area contributed by atoms with Crippen LogP contribution in [0.5, 0.6) is 5.75 Å². The molecular weight excluding hydrogens is 314 g/mol. The first-order valence-corrected chi connectivity index (χ1v) is 9.07. The smallest absolute Gasteiger partial charge is 0.274 e. The summed E-state index contributed by atoms with van der Waals surface area (Å²) >= 11 is 0. The third kappa shape index (κ3) is 3.03. The van der Waals surface area contributed by atoms with Crippen LogP contribution in [0.15, 0.2) is 24.4 Å². The number of rotatable bonds is 2. The summed E-state index contributed by atoms with van der Waals surface area (Å²) in [6.45, 7) is 5.81. The molecule has 0 saturated carbocycles. The van der Waals surface area contributed by atoms with Crippen molar-refractivity contribution in [2.45, 2.75) is 45.7 Å². The second-order valence-electron chi connectivity index (χ2n) is 7.53. The van der Waals surface area contributed by atoms with Crippen LogP contribution in [-0.4, -0.2) is 40.1 Å². The van der Waals surface area contributed by atoms with E-state index in [1.807, 2.05) is 19.3 Å². The fraction of sp³-hybridized carbons (Fsp3) is 0.500. The van der Waals surface area contributed by atoms with Crippen LogP contribution in [0.1, 0.15) is 40.8 Å². The van der Waals surface area contributed by atoms with Gasteiger partial charge in [0, 0.05) is 26.2 Å². The topological polar surface area (TPSA) is 47.4 Å². The minimum atomic E-state index is -0.0146. The molecule has 0 radical (unpaired) electrons. The summed E-state index contributed by atoms with van der Waals surface area (Å²) in [5, 5.41) is 0. The number of nitrogens with zero attached hydrogens (tertiary/aromatic N) is 3. The molecule has 0 aliphatic carbocycles. The summed E-state index contributed by atoms with van der Waals surface area (Å²) in [5.41, 5.74) is 2.95. The average Bonchev–Trinajstić information content (AvgIpc) is 3.02. The minimum absolute atomic E-state index is 0.0146. The van der Waals surface area contributed by atoms with Gasteiger partial charge in [-0.2, -0.15) is 0 Å². The molecule has 4 rings (SSSR count). The van der Waals surface area contributed by atoms with Gasteiger partial charge in [-0.15, -0.1) is 0 Å².